The number of amides is 1. The highest BCUT2D eigenvalue weighted by atomic mass is 35.5. The van der Waals surface area contributed by atoms with Crippen LogP contribution < -0.4 is 5.32 Å². The maximum Gasteiger partial charge on any atom is 0.328 e. The first-order valence-electron chi connectivity index (χ1n) is 7.18. The third-order valence-corrected chi connectivity index (χ3v) is 4.46. The number of carbonyl (C=O) groups excluding carboxylic acids is 1. The smallest absolute Gasteiger partial charge is 0.328 e. The van der Waals surface area contributed by atoms with E-state index in [2.05, 4.69) is 5.32 Å². The largest absolute Gasteiger partial charge is 0.478 e. The molecule has 1 amide bonds. The molecule has 0 saturated carbocycles. The van der Waals surface area contributed by atoms with Crippen molar-refractivity contribution >= 4 is 47.0 Å². The van der Waals surface area contributed by atoms with E-state index in [0.29, 0.717) is 10.7 Å². The average Bonchev–Trinajstić information content (AvgIpc) is 2.56. The van der Waals surface area contributed by atoms with Gasteiger partial charge in [-0.2, -0.15) is 0 Å². The maximum absolute atomic E-state index is 12.2. The highest BCUT2D eigenvalue weighted by Crippen LogP contribution is 2.25. The van der Waals surface area contributed by atoms with Crippen LogP contribution in [0.25, 0.3) is 6.08 Å². The first kappa shape index (κ1) is 18.1. The molecule has 1 unspecified atom stereocenters. The van der Waals surface area contributed by atoms with Gasteiger partial charge >= 0.3 is 5.97 Å². The van der Waals surface area contributed by atoms with Crippen LogP contribution in [0, 0.1) is 0 Å². The molecule has 1 atom stereocenters. The molecule has 24 heavy (non-hydrogen) atoms. The summed E-state index contributed by atoms with van der Waals surface area (Å²) in [7, 11) is 0. The zero-order valence-corrected chi connectivity index (χ0v) is 14.5. The minimum atomic E-state index is -1.000. The molecule has 124 valence electrons. The predicted octanol–water partition coefficient (Wildman–Crippen LogP) is 4.56. The fourth-order valence-electron chi connectivity index (χ4n) is 1.86. The van der Waals surface area contributed by atoms with Crippen LogP contribution in [0.5, 0.6) is 0 Å². The van der Waals surface area contributed by atoms with Gasteiger partial charge in [-0.15, -0.1) is 11.8 Å². The molecule has 0 bridgehead atoms. The second kappa shape index (κ2) is 8.57. The Kier molecular flexibility index (Phi) is 6.46. The van der Waals surface area contributed by atoms with Crippen molar-refractivity contribution in [2.24, 2.45) is 0 Å². The van der Waals surface area contributed by atoms with Gasteiger partial charge in [-0.3, -0.25) is 4.79 Å². The standard InChI is InChI=1S/C18H16ClNO3S/c1-12(24-16-9-5-14(19)6-10-16)18(23)20-15-7-2-13(3-8-15)4-11-17(21)22/h2-12H,1H3,(H,20,23)(H,21,22)/b11-4+. The van der Waals surface area contributed by atoms with Crippen LogP contribution in [-0.4, -0.2) is 22.2 Å². The quantitative estimate of drug-likeness (QED) is 0.584. The van der Waals surface area contributed by atoms with E-state index in [4.69, 9.17) is 16.7 Å². The minimum Gasteiger partial charge on any atom is -0.478 e. The molecule has 0 spiro atoms. The Hall–Kier alpha value is -2.24. The first-order chi connectivity index (χ1) is 11.4. The van der Waals surface area contributed by atoms with E-state index in [0.717, 1.165) is 16.5 Å². The number of thioether (sulfide) groups is 1. The summed E-state index contributed by atoms with van der Waals surface area (Å²) in [6.45, 7) is 1.83. The van der Waals surface area contributed by atoms with Crippen LogP contribution in [0.1, 0.15) is 12.5 Å². The van der Waals surface area contributed by atoms with Crippen molar-refractivity contribution in [3.05, 3.63) is 65.2 Å². The SMILES string of the molecule is CC(Sc1ccc(Cl)cc1)C(=O)Nc1ccc(/C=C/C(=O)O)cc1. The van der Waals surface area contributed by atoms with Crippen molar-refractivity contribution in [1.82, 2.24) is 0 Å². The number of hydrogen-bond acceptors (Lipinski definition) is 3. The van der Waals surface area contributed by atoms with Gasteiger partial charge in [-0.1, -0.05) is 23.7 Å². The van der Waals surface area contributed by atoms with Gasteiger partial charge < -0.3 is 10.4 Å². The Labute approximate surface area is 149 Å². The van der Waals surface area contributed by atoms with Gasteiger partial charge in [0.25, 0.3) is 0 Å². The number of carbonyl (C=O) groups is 2. The highest BCUT2D eigenvalue weighted by molar-refractivity contribution is 8.00. The minimum absolute atomic E-state index is 0.108. The van der Waals surface area contributed by atoms with Crippen molar-refractivity contribution in [3.8, 4) is 0 Å². The lowest BCUT2D eigenvalue weighted by atomic mass is 10.2. The van der Waals surface area contributed by atoms with Crippen molar-refractivity contribution in [2.75, 3.05) is 5.32 Å². The number of rotatable bonds is 6. The van der Waals surface area contributed by atoms with E-state index < -0.39 is 5.97 Å². The normalized spacial score (nSPS) is 12.1. The van der Waals surface area contributed by atoms with E-state index in [1.807, 2.05) is 19.1 Å². The van der Waals surface area contributed by atoms with Crippen LogP contribution in [-0.2, 0) is 9.59 Å². The Balaban J connectivity index is 1.93. The highest BCUT2D eigenvalue weighted by Gasteiger charge is 2.14. The van der Waals surface area contributed by atoms with E-state index in [9.17, 15) is 9.59 Å². The molecule has 2 aromatic carbocycles. The van der Waals surface area contributed by atoms with Crippen molar-refractivity contribution in [1.29, 1.82) is 0 Å². The second-order valence-electron chi connectivity index (χ2n) is 5.00. The molecule has 4 nitrogen and oxygen atoms in total. The summed E-state index contributed by atoms with van der Waals surface area (Å²) in [6, 6.07) is 14.3. The molecule has 2 rings (SSSR count). The van der Waals surface area contributed by atoms with E-state index >= 15 is 0 Å². The summed E-state index contributed by atoms with van der Waals surface area (Å²) >= 11 is 7.29. The average molecular weight is 362 g/mol. The first-order valence-corrected chi connectivity index (χ1v) is 8.44. The van der Waals surface area contributed by atoms with Crippen LogP contribution in [0.4, 0.5) is 5.69 Å². The second-order valence-corrected chi connectivity index (χ2v) is 6.85. The third kappa shape index (κ3) is 5.76. The topological polar surface area (TPSA) is 66.4 Å². The molecule has 0 heterocycles. The Morgan fingerprint density at radius 2 is 1.75 bits per heavy atom. The summed E-state index contributed by atoms with van der Waals surface area (Å²) in [5.41, 5.74) is 1.41. The molecule has 6 heteroatoms. The van der Waals surface area contributed by atoms with E-state index in [1.165, 1.54) is 17.8 Å². The molecular formula is C18H16ClNO3S. The Morgan fingerprint density at radius 3 is 2.33 bits per heavy atom. The van der Waals surface area contributed by atoms with Gasteiger partial charge in [0, 0.05) is 21.7 Å². The lowest BCUT2D eigenvalue weighted by Crippen LogP contribution is -2.22. The van der Waals surface area contributed by atoms with Crippen LogP contribution >= 0.6 is 23.4 Å². The van der Waals surface area contributed by atoms with E-state index in [1.54, 1.807) is 36.4 Å². The Morgan fingerprint density at radius 1 is 1.12 bits per heavy atom. The Bertz CT molecular complexity index is 742. The number of aliphatic carboxylic acids is 1. The molecule has 2 N–H and O–H groups in total. The number of benzene rings is 2. The van der Waals surface area contributed by atoms with Crippen LogP contribution in [0.15, 0.2) is 59.5 Å². The molecule has 0 saturated heterocycles. The zero-order chi connectivity index (χ0) is 17.5. The fourth-order valence-corrected chi connectivity index (χ4v) is 2.85. The zero-order valence-electron chi connectivity index (χ0n) is 12.9. The number of hydrogen-bond donors (Lipinski definition) is 2. The molecule has 0 aliphatic heterocycles. The van der Waals surface area contributed by atoms with Crippen LogP contribution in [0.2, 0.25) is 5.02 Å². The number of anilines is 1. The summed E-state index contributed by atoms with van der Waals surface area (Å²) in [5, 5.41) is 11.8. The molecule has 0 aromatic heterocycles. The van der Waals surface area contributed by atoms with Crippen molar-refractivity contribution in [3.63, 3.8) is 0 Å². The van der Waals surface area contributed by atoms with Gasteiger partial charge in [0.15, 0.2) is 0 Å². The summed E-state index contributed by atoms with van der Waals surface area (Å²) in [5.74, 6) is -1.11. The number of nitrogens with one attached hydrogen (secondary N) is 1. The summed E-state index contributed by atoms with van der Waals surface area (Å²) < 4.78 is 0. The lowest BCUT2D eigenvalue weighted by Gasteiger charge is -2.12. The van der Waals surface area contributed by atoms with Crippen LogP contribution in [0.3, 0.4) is 0 Å². The summed E-state index contributed by atoms with van der Waals surface area (Å²) in [6.07, 6.45) is 2.56. The predicted molar refractivity (Wildman–Crippen MR) is 98.5 cm³/mol. The van der Waals surface area contributed by atoms with Crippen molar-refractivity contribution in [2.45, 2.75) is 17.1 Å². The maximum atomic E-state index is 12.2. The molecule has 2 aromatic rings. The van der Waals surface area contributed by atoms with Gasteiger partial charge in [0.1, 0.15) is 0 Å². The molecule has 0 aliphatic rings. The molecular weight excluding hydrogens is 346 g/mol. The monoisotopic (exact) mass is 361 g/mol. The molecule has 0 fully saturated rings. The number of carboxylic acids is 1. The van der Waals surface area contributed by atoms with E-state index in [-0.39, 0.29) is 11.2 Å². The fraction of sp³-hybridized carbons (Fsp3) is 0.111. The molecule has 0 aliphatic carbocycles. The third-order valence-electron chi connectivity index (χ3n) is 3.09. The lowest BCUT2D eigenvalue weighted by molar-refractivity contribution is -0.131. The summed E-state index contributed by atoms with van der Waals surface area (Å²) in [4.78, 5) is 23.7. The number of halogens is 1. The molecule has 0 radical (unpaired) electrons. The van der Waals surface area contributed by atoms with Gasteiger partial charge in [-0.25, -0.2) is 4.79 Å². The van der Waals surface area contributed by atoms with Gasteiger partial charge in [0.2, 0.25) is 5.91 Å². The van der Waals surface area contributed by atoms with Gasteiger partial charge in [0.05, 0.1) is 5.25 Å². The number of carboxylic acid groups (broad SMARTS) is 1. The van der Waals surface area contributed by atoms with Gasteiger partial charge in [-0.05, 0) is 55.0 Å². The van der Waals surface area contributed by atoms with Crippen molar-refractivity contribution < 1.29 is 14.7 Å².